The quantitative estimate of drug-likeness (QED) is 0.477. The van der Waals surface area contributed by atoms with Gasteiger partial charge >= 0.3 is 0 Å². The van der Waals surface area contributed by atoms with E-state index in [9.17, 15) is 0 Å². The van der Waals surface area contributed by atoms with Crippen molar-refractivity contribution in [2.75, 3.05) is 0 Å². The van der Waals surface area contributed by atoms with Crippen molar-refractivity contribution < 1.29 is 4.42 Å². The molecule has 0 aliphatic heterocycles. The summed E-state index contributed by atoms with van der Waals surface area (Å²) < 4.78 is 7.71. The fourth-order valence-electron chi connectivity index (χ4n) is 2.56. The van der Waals surface area contributed by atoms with Crippen LogP contribution < -0.4 is 0 Å². The minimum Gasteiger partial charge on any atom is -0.448 e. The van der Waals surface area contributed by atoms with E-state index in [1.165, 1.54) is 21.8 Å². The van der Waals surface area contributed by atoms with Crippen molar-refractivity contribution in [3.05, 3.63) is 66.9 Å². The highest BCUT2D eigenvalue weighted by Crippen LogP contribution is 2.31. The molecule has 0 aliphatic carbocycles. The molecule has 2 heteroatoms. The van der Waals surface area contributed by atoms with E-state index in [4.69, 9.17) is 4.42 Å². The van der Waals surface area contributed by atoms with E-state index in [-0.39, 0.29) is 0 Å². The average molecular weight is 233 g/mol. The second kappa shape index (κ2) is 3.50. The van der Waals surface area contributed by atoms with Crippen LogP contribution in [0.5, 0.6) is 0 Å². The highest BCUT2D eigenvalue weighted by Gasteiger charge is 2.11. The Bertz CT molecular complexity index is 771. The smallest absolute Gasteiger partial charge is 0.204 e. The second-order valence-electron chi connectivity index (χ2n) is 4.32. The summed E-state index contributed by atoms with van der Waals surface area (Å²) >= 11 is 0. The molecule has 0 saturated carbocycles. The number of aromatic nitrogens is 1. The van der Waals surface area contributed by atoms with E-state index in [1.807, 2.05) is 12.1 Å². The Balaban J connectivity index is 2.28. The first-order valence-corrected chi connectivity index (χ1v) is 5.97. The molecule has 2 nitrogen and oxygen atoms in total. The van der Waals surface area contributed by atoms with Gasteiger partial charge in [-0.3, -0.25) is 4.57 Å². The van der Waals surface area contributed by atoms with Gasteiger partial charge in [0, 0.05) is 16.8 Å². The van der Waals surface area contributed by atoms with Gasteiger partial charge < -0.3 is 4.42 Å². The van der Waals surface area contributed by atoms with Crippen molar-refractivity contribution in [1.29, 1.82) is 0 Å². The number of benzene rings is 2. The first-order valence-electron chi connectivity index (χ1n) is 5.97. The van der Waals surface area contributed by atoms with Crippen LogP contribution in [-0.2, 0) is 0 Å². The van der Waals surface area contributed by atoms with Gasteiger partial charge in [0.25, 0.3) is 0 Å². The Morgan fingerprint density at radius 2 is 1.28 bits per heavy atom. The number of hydrogen-bond donors (Lipinski definition) is 0. The molecular formula is C16H11NO. The topological polar surface area (TPSA) is 18.1 Å². The summed E-state index contributed by atoms with van der Waals surface area (Å²) in [6, 6.07) is 20.7. The Hall–Kier alpha value is -2.48. The molecule has 0 bridgehead atoms. The van der Waals surface area contributed by atoms with Crippen LogP contribution in [-0.4, -0.2) is 4.57 Å². The molecule has 0 spiro atoms. The van der Waals surface area contributed by atoms with Crippen LogP contribution in [0.4, 0.5) is 0 Å². The molecular weight excluding hydrogens is 222 g/mol. The van der Waals surface area contributed by atoms with Crippen LogP contribution in [0.15, 0.2) is 71.3 Å². The maximum atomic E-state index is 5.56. The fraction of sp³-hybridized carbons (Fsp3) is 0. The van der Waals surface area contributed by atoms with Crippen LogP contribution >= 0.6 is 0 Å². The zero-order chi connectivity index (χ0) is 11.9. The largest absolute Gasteiger partial charge is 0.448 e. The maximum Gasteiger partial charge on any atom is 0.204 e. The molecule has 4 rings (SSSR count). The first-order chi connectivity index (χ1) is 8.95. The lowest BCUT2D eigenvalue weighted by atomic mass is 10.2. The van der Waals surface area contributed by atoms with Crippen LogP contribution in [0.1, 0.15) is 0 Å². The van der Waals surface area contributed by atoms with Crippen molar-refractivity contribution in [2.24, 2.45) is 0 Å². The van der Waals surface area contributed by atoms with Crippen LogP contribution in [0.2, 0.25) is 0 Å². The van der Waals surface area contributed by atoms with E-state index in [2.05, 4.69) is 53.1 Å². The van der Waals surface area contributed by atoms with E-state index in [0.29, 0.717) is 0 Å². The van der Waals surface area contributed by atoms with Gasteiger partial charge in [-0.1, -0.05) is 36.4 Å². The van der Waals surface area contributed by atoms with Gasteiger partial charge in [-0.15, -0.1) is 0 Å². The third-order valence-corrected chi connectivity index (χ3v) is 3.31. The minimum atomic E-state index is 0.854. The molecule has 0 unspecified atom stereocenters. The third kappa shape index (κ3) is 1.17. The van der Waals surface area contributed by atoms with Gasteiger partial charge in [0.1, 0.15) is 0 Å². The normalized spacial score (nSPS) is 11.3. The monoisotopic (exact) mass is 233 g/mol. The minimum absolute atomic E-state index is 0.854. The van der Waals surface area contributed by atoms with Crippen LogP contribution in [0, 0.1) is 0 Å². The number of rotatable bonds is 1. The summed E-state index contributed by atoms with van der Waals surface area (Å²) in [7, 11) is 0. The molecule has 4 aromatic rings. The van der Waals surface area contributed by atoms with Crippen molar-refractivity contribution >= 4 is 21.8 Å². The Morgan fingerprint density at radius 3 is 1.83 bits per heavy atom. The molecule has 0 radical (unpaired) electrons. The lowest BCUT2D eigenvalue weighted by Gasteiger charge is -2.02. The Morgan fingerprint density at radius 1 is 0.667 bits per heavy atom. The maximum absolute atomic E-state index is 5.56. The molecule has 0 N–H and O–H groups in total. The molecule has 18 heavy (non-hydrogen) atoms. The number of para-hydroxylation sites is 2. The third-order valence-electron chi connectivity index (χ3n) is 3.31. The number of nitrogens with zero attached hydrogens (tertiary/aromatic N) is 1. The highest BCUT2D eigenvalue weighted by atomic mass is 16.3. The summed E-state index contributed by atoms with van der Waals surface area (Å²) in [5.41, 5.74) is 2.35. The van der Waals surface area contributed by atoms with Crippen LogP contribution in [0.25, 0.3) is 27.7 Å². The van der Waals surface area contributed by atoms with Gasteiger partial charge in [0.2, 0.25) is 5.88 Å². The molecule has 86 valence electrons. The molecule has 2 aromatic carbocycles. The van der Waals surface area contributed by atoms with Crippen molar-refractivity contribution in [2.45, 2.75) is 0 Å². The van der Waals surface area contributed by atoms with E-state index in [0.717, 1.165) is 5.88 Å². The number of fused-ring (bicyclic) bond motifs is 3. The van der Waals surface area contributed by atoms with Gasteiger partial charge in [0.15, 0.2) is 0 Å². The predicted octanol–water partition coefficient (Wildman–Crippen LogP) is 4.38. The van der Waals surface area contributed by atoms with Gasteiger partial charge in [-0.05, 0) is 18.2 Å². The van der Waals surface area contributed by atoms with E-state index >= 15 is 0 Å². The average Bonchev–Trinajstić information content (AvgIpc) is 3.03. The lowest BCUT2D eigenvalue weighted by Crippen LogP contribution is -1.90. The summed E-state index contributed by atoms with van der Waals surface area (Å²) in [5, 5.41) is 2.51. The second-order valence-corrected chi connectivity index (χ2v) is 4.32. The molecule has 0 amide bonds. The zero-order valence-corrected chi connectivity index (χ0v) is 9.71. The summed E-state index contributed by atoms with van der Waals surface area (Å²) in [6.45, 7) is 0. The molecule has 2 heterocycles. The SMILES string of the molecule is c1coc(-n2c3ccccc3c3ccccc32)c1. The van der Waals surface area contributed by atoms with Gasteiger partial charge in [0.05, 0.1) is 17.3 Å². The Labute approximate surface area is 104 Å². The molecule has 0 aliphatic rings. The van der Waals surface area contributed by atoms with Gasteiger partial charge in [-0.25, -0.2) is 0 Å². The van der Waals surface area contributed by atoms with E-state index in [1.54, 1.807) is 6.26 Å². The summed E-state index contributed by atoms with van der Waals surface area (Å²) in [4.78, 5) is 0. The number of hydrogen-bond acceptors (Lipinski definition) is 1. The highest BCUT2D eigenvalue weighted by molar-refractivity contribution is 6.08. The van der Waals surface area contributed by atoms with Crippen LogP contribution in [0.3, 0.4) is 0 Å². The molecule has 0 atom stereocenters. The van der Waals surface area contributed by atoms with E-state index < -0.39 is 0 Å². The predicted molar refractivity (Wildman–Crippen MR) is 73.0 cm³/mol. The lowest BCUT2D eigenvalue weighted by molar-refractivity contribution is 0.546. The summed E-state index contributed by atoms with van der Waals surface area (Å²) in [6.07, 6.45) is 1.71. The molecule has 0 saturated heterocycles. The fourth-order valence-corrected chi connectivity index (χ4v) is 2.56. The zero-order valence-electron chi connectivity index (χ0n) is 9.71. The van der Waals surface area contributed by atoms with Crippen molar-refractivity contribution in [3.8, 4) is 5.88 Å². The number of furan rings is 1. The molecule has 0 fully saturated rings. The Kier molecular flexibility index (Phi) is 1.86. The summed E-state index contributed by atoms with van der Waals surface area (Å²) in [5.74, 6) is 0.854. The first kappa shape index (κ1) is 9.54. The van der Waals surface area contributed by atoms with Gasteiger partial charge in [-0.2, -0.15) is 0 Å². The standard InChI is InChI=1S/C16H11NO/c1-3-8-14-12(6-1)13-7-2-4-9-15(13)17(14)16-10-5-11-18-16/h1-11H. The van der Waals surface area contributed by atoms with Crippen molar-refractivity contribution in [3.63, 3.8) is 0 Å². The van der Waals surface area contributed by atoms with Crippen molar-refractivity contribution in [1.82, 2.24) is 4.57 Å². The molecule has 2 aromatic heterocycles.